The van der Waals surface area contributed by atoms with Gasteiger partial charge in [-0.15, -0.1) is 0 Å². The molecular weight excluding hydrogens is 677 g/mol. The summed E-state index contributed by atoms with van der Waals surface area (Å²) in [5.41, 5.74) is 2.40. The summed E-state index contributed by atoms with van der Waals surface area (Å²) >= 11 is 0. The molecule has 2 amide bonds. The predicted molar refractivity (Wildman–Crippen MR) is 212 cm³/mol. The Bertz CT molecular complexity index is 1740. The first-order valence-corrected chi connectivity index (χ1v) is 20.7. The van der Waals surface area contributed by atoms with Gasteiger partial charge in [-0.2, -0.15) is 0 Å². The molecule has 8 nitrogen and oxygen atoms in total. The van der Waals surface area contributed by atoms with Crippen molar-refractivity contribution < 1.29 is 29.3 Å². The van der Waals surface area contributed by atoms with Gasteiger partial charge in [-0.1, -0.05) is 73.1 Å². The van der Waals surface area contributed by atoms with Gasteiger partial charge in [-0.3, -0.25) is 9.59 Å². The second kappa shape index (κ2) is 14.9. The molecule has 0 aliphatic heterocycles. The zero-order valence-electron chi connectivity index (χ0n) is 34.1. The molecule has 4 N–H and O–H groups in total. The number of hydrogen-bond acceptors (Lipinski definition) is 6. The van der Waals surface area contributed by atoms with Gasteiger partial charge in [0.1, 0.15) is 11.3 Å². The van der Waals surface area contributed by atoms with Crippen molar-refractivity contribution in [2.45, 2.75) is 132 Å². The zero-order valence-corrected chi connectivity index (χ0v) is 34.1. The van der Waals surface area contributed by atoms with Crippen molar-refractivity contribution >= 4 is 17.8 Å². The maximum atomic E-state index is 14.5. The average molecular weight is 743 g/mol. The van der Waals surface area contributed by atoms with Crippen molar-refractivity contribution in [1.82, 2.24) is 10.6 Å². The number of ether oxygens (including phenoxy) is 1. The van der Waals surface area contributed by atoms with Crippen LogP contribution in [-0.2, 0) is 22.5 Å². The van der Waals surface area contributed by atoms with E-state index in [1.54, 1.807) is 12.1 Å². The molecule has 4 aliphatic rings. The number of carbonyl (C=O) groups excluding carboxylic acids is 3. The van der Waals surface area contributed by atoms with Crippen molar-refractivity contribution in [3.63, 3.8) is 0 Å². The maximum absolute atomic E-state index is 14.5. The number of phenolic OH excluding ortho intramolecular Hbond substituents is 1. The number of aromatic hydroxyl groups is 1. The molecule has 8 heteroatoms. The molecule has 0 heterocycles. The van der Waals surface area contributed by atoms with Crippen LogP contribution in [0.5, 0.6) is 5.75 Å². The first-order chi connectivity index (χ1) is 25.5. The number of nitrogens with one attached hydrogen (secondary N) is 2. The Morgan fingerprint density at radius 1 is 0.852 bits per heavy atom. The van der Waals surface area contributed by atoms with Crippen molar-refractivity contribution in [3.8, 4) is 5.75 Å². The van der Waals surface area contributed by atoms with E-state index in [1.807, 2.05) is 18.2 Å². The van der Waals surface area contributed by atoms with E-state index in [9.17, 15) is 24.6 Å². The van der Waals surface area contributed by atoms with E-state index >= 15 is 0 Å². The Morgan fingerprint density at radius 3 is 2.33 bits per heavy atom. The van der Waals surface area contributed by atoms with Crippen LogP contribution in [0.4, 0.5) is 0 Å². The van der Waals surface area contributed by atoms with Crippen LogP contribution in [0.15, 0.2) is 42.5 Å². The quantitative estimate of drug-likeness (QED) is 0.181. The van der Waals surface area contributed by atoms with Crippen LogP contribution in [0.3, 0.4) is 0 Å². The molecule has 2 aromatic carbocycles. The molecule has 8 unspecified atom stereocenters. The van der Waals surface area contributed by atoms with E-state index < -0.39 is 5.97 Å². The van der Waals surface area contributed by atoms with Crippen LogP contribution in [0.2, 0.25) is 0 Å². The van der Waals surface area contributed by atoms with Gasteiger partial charge in [0.15, 0.2) is 0 Å². The molecule has 4 fully saturated rings. The van der Waals surface area contributed by atoms with Crippen LogP contribution in [-0.4, -0.2) is 47.8 Å². The normalized spacial score (nSPS) is 35.5. The van der Waals surface area contributed by atoms with Gasteiger partial charge in [-0.05, 0) is 145 Å². The summed E-state index contributed by atoms with van der Waals surface area (Å²) in [7, 11) is 1.25. The first-order valence-electron chi connectivity index (χ1n) is 20.7. The fourth-order valence-corrected chi connectivity index (χ4v) is 13.2. The van der Waals surface area contributed by atoms with Crippen LogP contribution < -0.4 is 10.6 Å². The Morgan fingerprint density at radius 2 is 1.61 bits per heavy atom. The summed E-state index contributed by atoms with van der Waals surface area (Å²) in [4.78, 5) is 39.5. The van der Waals surface area contributed by atoms with E-state index in [0.717, 1.165) is 44.1 Å². The van der Waals surface area contributed by atoms with E-state index in [1.165, 1.54) is 44.9 Å². The van der Waals surface area contributed by atoms with Gasteiger partial charge in [0.2, 0.25) is 5.91 Å². The number of carbonyl (C=O) groups is 3. The molecule has 0 bridgehead atoms. The smallest absolute Gasteiger partial charge is 0.341 e. The number of aliphatic hydroxyl groups is 1. The van der Waals surface area contributed by atoms with E-state index in [4.69, 9.17) is 4.74 Å². The van der Waals surface area contributed by atoms with Gasteiger partial charge in [0.05, 0.1) is 18.6 Å². The van der Waals surface area contributed by atoms with Crippen molar-refractivity contribution in [1.29, 1.82) is 0 Å². The molecule has 4 saturated carbocycles. The monoisotopic (exact) mass is 742 g/mol. The van der Waals surface area contributed by atoms with Gasteiger partial charge in [-0.25, -0.2) is 4.79 Å². The van der Waals surface area contributed by atoms with Crippen LogP contribution in [0, 0.1) is 50.7 Å². The number of esters is 1. The van der Waals surface area contributed by atoms with E-state index in [2.05, 4.69) is 59.1 Å². The molecule has 9 atom stereocenters. The van der Waals surface area contributed by atoms with Gasteiger partial charge in [0.25, 0.3) is 5.91 Å². The van der Waals surface area contributed by atoms with Gasteiger partial charge >= 0.3 is 5.97 Å². The summed E-state index contributed by atoms with van der Waals surface area (Å²) < 4.78 is 4.74. The Hall–Kier alpha value is -3.39. The molecule has 2 aromatic rings. The molecule has 6 rings (SSSR count). The van der Waals surface area contributed by atoms with Crippen LogP contribution in [0.1, 0.15) is 145 Å². The van der Waals surface area contributed by atoms with Gasteiger partial charge < -0.3 is 25.6 Å². The molecule has 0 radical (unpaired) electrons. The molecule has 54 heavy (non-hydrogen) atoms. The number of fused-ring (bicyclic) bond motifs is 5. The lowest BCUT2D eigenvalue weighted by Gasteiger charge is -2.72. The highest BCUT2D eigenvalue weighted by Crippen LogP contribution is 2.75. The molecular formula is C46H66N2O6. The summed E-state index contributed by atoms with van der Waals surface area (Å²) in [6.45, 7) is 17.7. The van der Waals surface area contributed by atoms with Crippen LogP contribution in [0.25, 0.3) is 0 Å². The largest absolute Gasteiger partial charge is 0.507 e. The molecule has 0 saturated heterocycles. The Labute approximate surface area is 323 Å². The number of phenols is 1. The highest BCUT2D eigenvalue weighted by molar-refractivity contribution is 5.94. The minimum absolute atomic E-state index is 0.0507. The highest BCUT2D eigenvalue weighted by atomic mass is 16.5. The number of amides is 2. The topological polar surface area (TPSA) is 125 Å². The average Bonchev–Trinajstić information content (AvgIpc) is 3.14. The lowest BCUT2D eigenvalue weighted by molar-refractivity contribution is -0.246. The van der Waals surface area contributed by atoms with E-state index in [-0.39, 0.29) is 68.8 Å². The molecule has 0 aromatic heterocycles. The maximum Gasteiger partial charge on any atom is 0.341 e. The first kappa shape index (κ1) is 40.3. The third-order valence-corrected chi connectivity index (χ3v) is 16.4. The second-order valence-electron chi connectivity index (χ2n) is 19.0. The van der Waals surface area contributed by atoms with Gasteiger partial charge in [0, 0.05) is 18.7 Å². The third-order valence-electron chi connectivity index (χ3n) is 16.4. The number of methoxy groups -OCH3 is 1. The summed E-state index contributed by atoms with van der Waals surface area (Å²) in [6.07, 6.45) is 11.1. The minimum atomic E-state index is -0.642. The fourth-order valence-electron chi connectivity index (χ4n) is 13.2. The Kier molecular flexibility index (Phi) is 11.1. The third kappa shape index (κ3) is 6.56. The fraction of sp³-hybridized carbons (Fsp3) is 0.674. The number of rotatable bonds is 10. The lowest BCUT2D eigenvalue weighted by atomic mass is 9.32. The van der Waals surface area contributed by atoms with Crippen LogP contribution >= 0.6 is 0 Å². The van der Waals surface area contributed by atoms with Crippen molar-refractivity contribution in [2.75, 3.05) is 13.7 Å². The second-order valence-corrected chi connectivity index (χ2v) is 19.0. The number of hydrogen-bond donors (Lipinski definition) is 4. The standard InChI is InChI=1S/C46H66N2O6/c1-9-20-46(24-23-44(6)34(29(46)2)14-16-37-43(5)21-18-38(50)42(3,4)36(43)17-22-45(37,44)7)41(53)47-25-19-30-11-10-12-32(26-30)39(51)48-28-31-13-15-35(49)33(27-31)40(52)54-8/h10-13,15,26-27,29,34,36-38,49-50H,9,14,16-25,28H2,1-8H3,(H,47,53)(H,48,51)/t29?,34?,36?,37?,38?,43?,44-,45?,46?/m1/s1. The minimum Gasteiger partial charge on any atom is -0.507 e. The SMILES string of the molecule is CCCC1(C(=O)NCCc2cccc(C(=O)NCc3ccc(O)c(C(=O)OC)c3)c2)CC[C@]2(C)C(CCC3C4(C)CCC(O)C(C)(C)C4CCC32C)C1C. The molecule has 296 valence electrons. The summed E-state index contributed by atoms with van der Waals surface area (Å²) in [5.74, 6) is 1.10. The number of benzene rings is 2. The lowest BCUT2D eigenvalue weighted by Crippen LogP contribution is -2.67. The zero-order chi connectivity index (χ0) is 39.3. The van der Waals surface area contributed by atoms with E-state index in [0.29, 0.717) is 41.8 Å². The highest BCUT2D eigenvalue weighted by Gasteiger charge is 2.69. The molecule has 0 spiro atoms. The summed E-state index contributed by atoms with van der Waals surface area (Å²) in [5, 5.41) is 27.3. The predicted octanol–water partition coefficient (Wildman–Crippen LogP) is 8.62. The Balaban J connectivity index is 1.10. The van der Waals surface area contributed by atoms with Crippen molar-refractivity contribution in [2.24, 2.45) is 50.7 Å². The molecule has 4 aliphatic carbocycles. The summed E-state index contributed by atoms with van der Waals surface area (Å²) in [6, 6.07) is 12.1. The number of aliphatic hydroxyl groups excluding tert-OH is 1. The van der Waals surface area contributed by atoms with Crippen molar-refractivity contribution in [3.05, 3.63) is 64.7 Å².